The molecule has 1 saturated heterocycles. The van der Waals surface area contributed by atoms with E-state index >= 15 is 0 Å². The van der Waals surface area contributed by atoms with Crippen LogP contribution in [0.3, 0.4) is 0 Å². The summed E-state index contributed by atoms with van der Waals surface area (Å²) in [6.45, 7) is 10.8. The molecule has 0 unspecified atom stereocenters. The number of para-hydroxylation sites is 1. The molecule has 0 bridgehead atoms. The van der Waals surface area contributed by atoms with Gasteiger partial charge in [0.05, 0.1) is 34.0 Å². The van der Waals surface area contributed by atoms with Crippen molar-refractivity contribution in [3.05, 3.63) is 83.4 Å². The van der Waals surface area contributed by atoms with Crippen molar-refractivity contribution < 1.29 is 17.9 Å². The Hall–Kier alpha value is -3.31. The number of carbonyl (C=O) groups excluding carboxylic acids is 1. The minimum absolute atomic E-state index is 0.143. The van der Waals surface area contributed by atoms with E-state index in [-0.39, 0.29) is 10.8 Å². The van der Waals surface area contributed by atoms with Crippen LogP contribution >= 0.6 is 11.3 Å². The van der Waals surface area contributed by atoms with Crippen molar-refractivity contribution in [2.24, 2.45) is 0 Å². The summed E-state index contributed by atoms with van der Waals surface area (Å²) in [6, 6.07) is 19.4. The first-order valence-corrected chi connectivity index (χ1v) is 16.2. The number of ether oxygens (including phenoxy) is 1. The lowest BCUT2D eigenvalue weighted by molar-refractivity contribution is 0.0376. The molecule has 4 aromatic rings. The van der Waals surface area contributed by atoms with E-state index in [2.05, 4.69) is 30.9 Å². The van der Waals surface area contributed by atoms with Gasteiger partial charge in [0.2, 0.25) is 0 Å². The molecular formula is C31H36N4O4S2. The molecule has 8 nitrogen and oxygen atoms in total. The summed E-state index contributed by atoms with van der Waals surface area (Å²) in [6.07, 6.45) is 0.786. The maximum atomic E-state index is 13.9. The van der Waals surface area contributed by atoms with Crippen LogP contribution in [-0.4, -0.2) is 70.1 Å². The molecule has 216 valence electrons. The Morgan fingerprint density at radius 1 is 1.00 bits per heavy atom. The van der Waals surface area contributed by atoms with Gasteiger partial charge in [0.25, 0.3) is 15.9 Å². The summed E-state index contributed by atoms with van der Waals surface area (Å²) in [7, 11) is -3.79. The van der Waals surface area contributed by atoms with Crippen LogP contribution in [0.25, 0.3) is 10.2 Å². The zero-order valence-electron chi connectivity index (χ0n) is 23.7. The normalized spacial score (nSPS) is 14.3. The molecule has 0 aliphatic carbocycles. The minimum Gasteiger partial charge on any atom is -0.379 e. The van der Waals surface area contributed by atoms with Crippen molar-refractivity contribution in [2.45, 2.75) is 32.1 Å². The second-order valence-corrected chi connectivity index (χ2v) is 13.0. The minimum atomic E-state index is -3.79. The number of amides is 1. The van der Waals surface area contributed by atoms with Gasteiger partial charge in [-0.25, -0.2) is 13.4 Å². The van der Waals surface area contributed by atoms with Crippen LogP contribution in [0.5, 0.6) is 0 Å². The molecule has 1 fully saturated rings. The van der Waals surface area contributed by atoms with Crippen molar-refractivity contribution in [1.29, 1.82) is 0 Å². The number of nitrogens with zero attached hydrogens (tertiary/aromatic N) is 4. The van der Waals surface area contributed by atoms with Crippen LogP contribution in [0.4, 0.5) is 10.8 Å². The third kappa shape index (κ3) is 6.30. The number of sulfonamides is 1. The quantitative estimate of drug-likeness (QED) is 0.242. The Balaban J connectivity index is 1.41. The molecular weight excluding hydrogens is 556 g/mol. The number of rotatable bonds is 10. The van der Waals surface area contributed by atoms with E-state index in [1.165, 1.54) is 27.8 Å². The van der Waals surface area contributed by atoms with E-state index in [1.807, 2.05) is 18.2 Å². The fourth-order valence-electron chi connectivity index (χ4n) is 5.03. The Kier molecular flexibility index (Phi) is 9.03. The number of benzene rings is 3. The smallest absolute Gasteiger partial charge is 0.264 e. The highest BCUT2D eigenvalue weighted by atomic mass is 32.2. The molecule has 0 saturated carbocycles. The first-order chi connectivity index (χ1) is 19.8. The highest BCUT2D eigenvalue weighted by Gasteiger charge is 2.26. The number of aromatic nitrogens is 1. The van der Waals surface area contributed by atoms with Crippen LogP contribution in [0, 0.1) is 13.8 Å². The summed E-state index contributed by atoms with van der Waals surface area (Å²) >= 11 is 1.51. The first-order valence-electron chi connectivity index (χ1n) is 14.0. The SMILES string of the molecule is CCN(c1ccccc1)S(=O)(=O)c1ccc(C(=O)N(CCCN2CCOCC2)c2nc3c(C)c(C)ccc3s2)cc1. The zero-order valence-corrected chi connectivity index (χ0v) is 25.4. The third-order valence-corrected chi connectivity index (χ3v) is 10.5. The first kappa shape index (κ1) is 29.2. The fraction of sp³-hybridized carbons (Fsp3) is 0.355. The summed E-state index contributed by atoms with van der Waals surface area (Å²) in [5, 5.41) is 0.651. The molecule has 10 heteroatoms. The molecule has 1 aliphatic heterocycles. The molecule has 2 heterocycles. The van der Waals surface area contributed by atoms with Gasteiger partial charge in [0.15, 0.2) is 5.13 Å². The van der Waals surface area contributed by atoms with Gasteiger partial charge in [-0.3, -0.25) is 18.9 Å². The Bertz CT molecular complexity index is 1600. The van der Waals surface area contributed by atoms with Crippen LogP contribution in [0.2, 0.25) is 0 Å². The van der Waals surface area contributed by atoms with Crippen LogP contribution in [0.1, 0.15) is 34.8 Å². The van der Waals surface area contributed by atoms with Gasteiger partial charge >= 0.3 is 0 Å². The van der Waals surface area contributed by atoms with Crippen molar-refractivity contribution in [3.63, 3.8) is 0 Å². The number of fused-ring (bicyclic) bond motifs is 1. The largest absolute Gasteiger partial charge is 0.379 e. The van der Waals surface area contributed by atoms with Gasteiger partial charge in [0, 0.05) is 38.3 Å². The number of thiazole rings is 1. The second-order valence-electron chi connectivity index (χ2n) is 10.1. The predicted molar refractivity (Wildman–Crippen MR) is 166 cm³/mol. The van der Waals surface area contributed by atoms with E-state index in [0.29, 0.717) is 29.5 Å². The predicted octanol–water partition coefficient (Wildman–Crippen LogP) is 5.50. The molecule has 1 amide bonds. The second kappa shape index (κ2) is 12.7. The number of morpholine rings is 1. The number of carbonyl (C=O) groups is 1. The maximum Gasteiger partial charge on any atom is 0.264 e. The molecule has 0 atom stereocenters. The molecule has 1 aliphatic rings. The fourth-order valence-corrected chi connectivity index (χ4v) is 7.55. The van der Waals surface area contributed by atoms with Gasteiger partial charge in [-0.2, -0.15) is 0 Å². The zero-order chi connectivity index (χ0) is 29.0. The number of hydrogen-bond acceptors (Lipinski definition) is 7. The average molecular weight is 593 g/mol. The third-order valence-electron chi connectivity index (χ3n) is 7.53. The molecule has 0 radical (unpaired) electrons. The molecule has 3 aromatic carbocycles. The van der Waals surface area contributed by atoms with Gasteiger partial charge in [-0.15, -0.1) is 0 Å². The van der Waals surface area contributed by atoms with Crippen molar-refractivity contribution >= 4 is 48.3 Å². The lowest BCUT2D eigenvalue weighted by atomic mass is 10.1. The van der Waals surface area contributed by atoms with Crippen LogP contribution in [0.15, 0.2) is 71.6 Å². The van der Waals surface area contributed by atoms with Crippen LogP contribution < -0.4 is 9.21 Å². The van der Waals surface area contributed by atoms with E-state index < -0.39 is 10.0 Å². The van der Waals surface area contributed by atoms with Crippen LogP contribution in [-0.2, 0) is 14.8 Å². The van der Waals surface area contributed by atoms with Gasteiger partial charge < -0.3 is 4.74 Å². The summed E-state index contributed by atoms with van der Waals surface area (Å²) < 4.78 is 34.8. The maximum absolute atomic E-state index is 13.9. The van der Waals surface area contributed by atoms with E-state index in [0.717, 1.165) is 60.6 Å². The Morgan fingerprint density at radius 3 is 2.39 bits per heavy atom. The Labute approximate surface area is 246 Å². The molecule has 1 aromatic heterocycles. The molecule has 5 rings (SSSR count). The number of hydrogen-bond donors (Lipinski definition) is 0. The number of anilines is 2. The van der Waals surface area contributed by atoms with Crippen molar-refractivity contribution in [2.75, 3.05) is 55.1 Å². The van der Waals surface area contributed by atoms with Gasteiger partial charge in [-0.1, -0.05) is 35.6 Å². The van der Waals surface area contributed by atoms with E-state index in [1.54, 1.807) is 36.1 Å². The lowest BCUT2D eigenvalue weighted by Crippen LogP contribution is -2.39. The molecule has 41 heavy (non-hydrogen) atoms. The van der Waals surface area contributed by atoms with Gasteiger partial charge in [-0.05, 0) is 80.8 Å². The highest BCUT2D eigenvalue weighted by molar-refractivity contribution is 7.92. The summed E-state index contributed by atoms with van der Waals surface area (Å²) in [4.78, 5) is 23.1. The van der Waals surface area contributed by atoms with E-state index in [9.17, 15) is 13.2 Å². The Morgan fingerprint density at radius 2 is 1.71 bits per heavy atom. The number of aryl methyl sites for hydroxylation is 2. The summed E-state index contributed by atoms with van der Waals surface area (Å²) in [5.41, 5.74) is 4.21. The molecule has 0 N–H and O–H groups in total. The topological polar surface area (TPSA) is 83.1 Å². The lowest BCUT2D eigenvalue weighted by Gasteiger charge is -2.27. The van der Waals surface area contributed by atoms with Crippen molar-refractivity contribution in [1.82, 2.24) is 9.88 Å². The molecule has 0 spiro atoms. The average Bonchev–Trinajstić information content (AvgIpc) is 3.43. The standard InChI is InChI=1S/C31H36N4O4S2/c1-4-35(26-9-6-5-7-10-26)41(37,38)27-14-12-25(13-15-27)30(36)34(18-8-17-33-19-21-39-22-20-33)31-32-29-24(3)23(2)11-16-28(29)40-31/h5-7,9-16H,4,8,17-22H2,1-3H3. The monoisotopic (exact) mass is 592 g/mol. The highest BCUT2D eigenvalue weighted by Crippen LogP contribution is 2.33. The summed E-state index contributed by atoms with van der Waals surface area (Å²) in [5.74, 6) is -0.195. The van der Waals surface area contributed by atoms with E-state index in [4.69, 9.17) is 9.72 Å². The van der Waals surface area contributed by atoms with Crippen molar-refractivity contribution in [3.8, 4) is 0 Å². The van der Waals surface area contributed by atoms with Gasteiger partial charge in [0.1, 0.15) is 0 Å².